The summed E-state index contributed by atoms with van der Waals surface area (Å²) in [5, 5.41) is 3.43. The second-order valence-electron chi connectivity index (χ2n) is 7.59. The van der Waals surface area contributed by atoms with E-state index >= 15 is 0 Å². The maximum atomic E-state index is 10.8. The van der Waals surface area contributed by atoms with Gasteiger partial charge in [-0.05, 0) is 55.2 Å². The molecule has 1 unspecified atom stereocenters. The third kappa shape index (κ3) is 6.64. The minimum atomic E-state index is -0.481. The second-order valence-corrected chi connectivity index (χ2v) is 7.59. The number of hydrogen-bond acceptors (Lipinski definition) is 4. The van der Waals surface area contributed by atoms with Gasteiger partial charge in [-0.15, -0.1) is 0 Å². The fourth-order valence-corrected chi connectivity index (χ4v) is 3.72. The number of likely N-dealkylation sites (tertiary alicyclic amines) is 1. The number of amides is 1. The molecule has 166 valence electrons. The molecule has 1 saturated heterocycles. The first-order valence-electron chi connectivity index (χ1n) is 10.8. The van der Waals surface area contributed by atoms with Crippen LogP contribution in [0.3, 0.4) is 0 Å². The van der Waals surface area contributed by atoms with Gasteiger partial charge in [0.1, 0.15) is 11.5 Å². The van der Waals surface area contributed by atoms with Gasteiger partial charge in [0.2, 0.25) is 0 Å². The van der Waals surface area contributed by atoms with Crippen molar-refractivity contribution in [3.8, 4) is 11.5 Å². The van der Waals surface area contributed by atoms with E-state index in [1.165, 1.54) is 11.1 Å². The van der Waals surface area contributed by atoms with Gasteiger partial charge in [-0.25, -0.2) is 0 Å². The molecule has 1 aliphatic rings. The first-order chi connectivity index (χ1) is 15.1. The van der Waals surface area contributed by atoms with Crippen LogP contribution >= 0.6 is 0 Å². The maximum absolute atomic E-state index is 10.8. The number of primary amides is 1. The summed E-state index contributed by atoms with van der Waals surface area (Å²) < 4.78 is 10.6. The minimum absolute atomic E-state index is 0.108. The third-order valence-electron chi connectivity index (χ3n) is 5.38. The lowest BCUT2D eigenvalue weighted by Crippen LogP contribution is -2.40. The van der Waals surface area contributed by atoms with Crippen molar-refractivity contribution < 1.29 is 14.3 Å². The molecule has 7 heteroatoms. The van der Waals surface area contributed by atoms with E-state index in [2.05, 4.69) is 29.3 Å². The molecule has 1 heterocycles. The highest BCUT2D eigenvalue weighted by molar-refractivity contribution is 5.80. The number of aliphatic imine (C=N–C) groups is 1. The van der Waals surface area contributed by atoms with Crippen molar-refractivity contribution in [2.45, 2.75) is 25.7 Å². The molecule has 1 atom stereocenters. The molecule has 1 fully saturated rings. The van der Waals surface area contributed by atoms with E-state index < -0.39 is 5.91 Å². The number of carbonyl (C=O) groups excluding carboxylic acids is 1. The Hall–Kier alpha value is -3.22. The quantitative estimate of drug-likeness (QED) is 0.477. The highest BCUT2D eigenvalue weighted by atomic mass is 16.5. The molecule has 3 N–H and O–H groups in total. The summed E-state index contributed by atoms with van der Waals surface area (Å²) in [4.78, 5) is 18.0. The van der Waals surface area contributed by atoms with Crippen molar-refractivity contribution in [1.82, 2.24) is 10.2 Å². The van der Waals surface area contributed by atoms with Crippen LogP contribution < -0.4 is 20.5 Å². The Labute approximate surface area is 184 Å². The lowest BCUT2D eigenvalue weighted by atomic mass is 9.98. The molecule has 2 aromatic carbocycles. The summed E-state index contributed by atoms with van der Waals surface area (Å²) in [6, 6.07) is 16.1. The summed E-state index contributed by atoms with van der Waals surface area (Å²) in [7, 11) is 1.69. The summed E-state index contributed by atoms with van der Waals surface area (Å²) in [5.41, 5.74) is 7.62. The molecule has 1 amide bonds. The van der Waals surface area contributed by atoms with Gasteiger partial charge in [-0.2, -0.15) is 0 Å². The Morgan fingerprint density at radius 1 is 1.16 bits per heavy atom. The van der Waals surface area contributed by atoms with E-state index in [4.69, 9.17) is 20.2 Å². The first kappa shape index (κ1) is 22.5. The number of nitrogens with one attached hydrogen (secondary N) is 1. The van der Waals surface area contributed by atoms with Gasteiger partial charge >= 0.3 is 0 Å². The number of nitrogens with zero attached hydrogens (tertiary/aromatic N) is 2. The normalized spacial score (nSPS) is 16.3. The van der Waals surface area contributed by atoms with Crippen molar-refractivity contribution >= 4 is 11.9 Å². The fraction of sp³-hybridized carbons (Fsp3) is 0.417. The SMILES string of the molecule is CCNC(=NCCc1ccc(OCC(N)=O)cc1)N1CCC(c2ccc(OC)cc2)C1. The number of carbonyl (C=O) groups is 1. The number of nitrogens with two attached hydrogens (primary N) is 1. The Morgan fingerprint density at radius 3 is 2.52 bits per heavy atom. The van der Waals surface area contributed by atoms with E-state index in [0.29, 0.717) is 18.2 Å². The van der Waals surface area contributed by atoms with E-state index in [1.54, 1.807) is 7.11 Å². The zero-order chi connectivity index (χ0) is 22.1. The molecule has 0 aromatic heterocycles. The number of ether oxygens (including phenoxy) is 2. The molecule has 0 aliphatic carbocycles. The predicted molar refractivity (Wildman–Crippen MR) is 123 cm³/mol. The third-order valence-corrected chi connectivity index (χ3v) is 5.38. The van der Waals surface area contributed by atoms with Crippen molar-refractivity contribution in [1.29, 1.82) is 0 Å². The summed E-state index contributed by atoms with van der Waals surface area (Å²) >= 11 is 0. The lowest BCUT2D eigenvalue weighted by molar-refractivity contribution is -0.119. The van der Waals surface area contributed by atoms with Crippen LogP contribution in [0.2, 0.25) is 0 Å². The van der Waals surface area contributed by atoms with Gasteiger partial charge < -0.3 is 25.4 Å². The zero-order valence-electron chi connectivity index (χ0n) is 18.3. The Balaban J connectivity index is 1.54. The Bertz CT molecular complexity index is 865. The molecule has 0 spiro atoms. The lowest BCUT2D eigenvalue weighted by Gasteiger charge is -2.22. The number of hydrogen-bond donors (Lipinski definition) is 2. The Morgan fingerprint density at radius 2 is 1.87 bits per heavy atom. The molecule has 2 aromatic rings. The highest BCUT2D eigenvalue weighted by Crippen LogP contribution is 2.28. The highest BCUT2D eigenvalue weighted by Gasteiger charge is 2.26. The van der Waals surface area contributed by atoms with Crippen molar-refractivity contribution in [3.63, 3.8) is 0 Å². The monoisotopic (exact) mass is 424 g/mol. The van der Waals surface area contributed by atoms with Crippen LogP contribution in [0.15, 0.2) is 53.5 Å². The van der Waals surface area contributed by atoms with Gasteiger partial charge in [0.05, 0.1) is 7.11 Å². The smallest absolute Gasteiger partial charge is 0.255 e. The van der Waals surface area contributed by atoms with E-state index in [1.807, 2.05) is 36.4 Å². The molecule has 1 aliphatic heterocycles. The second kappa shape index (κ2) is 11.2. The molecular formula is C24H32N4O3. The maximum Gasteiger partial charge on any atom is 0.255 e. The van der Waals surface area contributed by atoms with Crippen LogP contribution in [0.1, 0.15) is 30.4 Å². The molecule has 7 nitrogen and oxygen atoms in total. The van der Waals surface area contributed by atoms with Gasteiger partial charge in [0, 0.05) is 32.1 Å². The zero-order valence-corrected chi connectivity index (χ0v) is 18.3. The van der Waals surface area contributed by atoms with E-state index in [-0.39, 0.29) is 6.61 Å². The van der Waals surface area contributed by atoms with Crippen LogP contribution in [0.5, 0.6) is 11.5 Å². The first-order valence-corrected chi connectivity index (χ1v) is 10.8. The van der Waals surface area contributed by atoms with E-state index in [9.17, 15) is 4.79 Å². The number of rotatable bonds is 9. The van der Waals surface area contributed by atoms with Crippen molar-refractivity contribution in [2.24, 2.45) is 10.7 Å². The van der Waals surface area contributed by atoms with Crippen LogP contribution in [0.4, 0.5) is 0 Å². The molecular weight excluding hydrogens is 392 g/mol. The molecule has 0 saturated carbocycles. The topological polar surface area (TPSA) is 89.2 Å². The van der Waals surface area contributed by atoms with Crippen LogP contribution in [0, 0.1) is 0 Å². The van der Waals surface area contributed by atoms with Gasteiger partial charge in [0.15, 0.2) is 12.6 Å². The van der Waals surface area contributed by atoms with Crippen LogP contribution in [0.25, 0.3) is 0 Å². The van der Waals surface area contributed by atoms with Crippen LogP contribution in [-0.4, -0.2) is 56.7 Å². The molecule has 0 radical (unpaired) electrons. The summed E-state index contributed by atoms with van der Waals surface area (Å²) in [6.45, 7) is 5.49. The average Bonchev–Trinajstić information content (AvgIpc) is 3.28. The van der Waals surface area contributed by atoms with Gasteiger partial charge in [-0.3, -0.25) is 9.79 Å². The van der Waals surface area contributed by atoms with Crippen molar-refractivity contribution in [3.05, 3.63) is 59.7 Å². The molecule has 3 rings (SSSR count). The number of methoxy groups -OCH3 is 1. The van der Waals surface area contributed by atoms with Crippen LogP contribution in [-0.2, 0) is 11.2 Å². The predicted octanol–water partition coefficient (Wildman–Crippen LogP) is 2.56. The minimum Gasteiger partial charge on any atom is -0.497 e. The largest absolute Gasteiger partial charge is 0.497 e. The van der Waals surface area contributed by atoms with E-state index in [0.717, 1.165) is 44.2 Å². The summed E-state index contributed by atoms with van der Waals surface area (Å²) in [6.07, 6.45) is 1.95. The van der Waals surface area contributed by atoms with Gasteiger partial charge in [0.25, 0.3) is 5.91 Å². The molecule has 0 bridgehead atoms. The molecule has 31 heavy (non-hydrogen) atoms. The fourth-order valence-electron chi connectivity index (χ4n) is 3.72. The standard InChI is InChI=1S/C24H32N4O3/c1-3-26-24(27-14-12-18-4-8-22(9-5-18)31-17-23(25)29)28-15-13-20(16-28)19-6-10-21(30-2)11-7-19/h4-11,20H,3,12-17H2,1-2H3,(H2,25,29)(H,26,27). The van der Waals surface area contributed by atoms with Crippen molar-refractivity contribution in [2.75, 3.05) is 39.9 Å². The summed E-state index contributed by atoms with van der Waals surface area (Å²) in [5.74, 6) is 2.52. The Kier molecular flexibility index (Phi) is 8.15. The number of guanidine groups is 1. The number of benzene rings is 2. The average molecular weight is 425 g/mol. The van der Waals surface area contributed by atoms with Gasteiger partial charge in [-0.1, -0.05) is 24.3 Å².